The molecule has 1 aliphatic heterocycles. The summed E-state index contributed by atoms with van der Waals surface area (Å²) in [5, 5.41) is 3.39. The first-order valence-corrected chi connectivity index (χ1v) is 7.41. The van der Waals surface area contributed by atoms with E-state index in [1.807, 2.05) is 12.1 Å². The minimum Gasteiger partial charge on any atom is -0.491 e. The largest absolute Gasteiger partial charge is 0.491 e. The Hall–Kier alpha value is -1.10. The van der Waals surface area contributed by atoms with Crippen LogP contribution >= 0.6 is 0 Å². The number of nitrogens with one attached hydrogen (secondary N) is 1. The van der Waals surface area contributed by atoms with Gasteiger partial charge < -0.3 is 19.5 Å². The quantitative estimate of drug-likeness (QED) is 0.705. The van der Waals surface area contributed by atoms with E-state index < -0.39 is 0 Å². The zero-order valence-electron chi connectivity index (χ0n) is 12.3. The smallest absolute Gasteiger partial charge is 0.119 e. The van der Waals surface area contributed by atoms with Crippen LogP contribution in [0.3, 0.4) is 0 Å². The molecule has 112 valence electrons. The van der Waals surface area contributed by atoms with E-state index in [4.69, 9.17) is 14.2 Å². The number of methoxy groups -OCH3 is 1. The average Bonchev–Trinajstić information content (AvgIpc) is 2.99. The van der Waals surface area contributed by atoms with Crippen molar-refractivity contribution in [3.8, 4) is 5.75 Å². The van der Waals surface area contributed by atoms with Crippen LogP contribution in [0.5, 0.6) is 5.75 Å². The predicted molar refractivity (Wildman–Crippen MR) is 79.1 cm³/mol. The second kappa shape index (κ2) is 8.95. The molecule has 0 spiro atoms. The fourth-order valence-electron chi connectivity index (χ4n) is 2.24. The third kappa shape index (κ3) is 5.49. The zero-order chi connectivity index (χ0) is 14.0. The molecule has 0 saturated carbocycles. The molecule has 2 rings (SSSR count). The molecule has 0 aliphatic carbocycles. The Bertz CT molecular complexity index is 360. The molecule has 1 aliphatic rings. The molecule has 4 nitrogen and oxygen atoms in total. The molecular weight excluding hydrogens is 254 g/mol. The molecule has 1 unspecified atom stereocenters. The van der Waals surface area contributed by atoms with E-state index in [0.29, 0.717) is 6.61 Å². The van der Waals surface area contributed by atoms with Crippen molar-refractivity contribution in [1.82, 2.24) is 5.32 Å². The number of ether oxygens (including phenoxy) is 3. The van der Waals surface area contributed by atoms with Crippen LogP contribution in [0.4, 0.5) is 0 Å². The highest BCUT2D eigenvalue weighted by Gasteiger charge is 2.15. The van der Waals surface area contributed by atoms with Crippen LogP contribution in [0.15, 0.2) is 24.3 Å². The maximum atomic E-state index is 5.74. The van der Waals surface area contributed by atoms with Gasteiger partial charge in [-0.05, 0) is 43.5 Å². The molecule has 1 saturated heterocycles. The van der Waals surface area contributed by atoms with Crippen LogP contribution in [0.25, 0.3) is 0 Å². The summed E-state index contributed by atoms with van der Waals surface area (Å²) >= 11 is 0. The van der Waals surface area contributed by atoms with Gasteiger partial charge in [0.1, 0.15) is 12.4 Å². The first kappa shape index (κ1) is 15.3. The first-order chi connectivity index (χ1) is 9.88. The minimum atomic E-state index is 0.275. The van der Waals surface area contributed by atoms with Gasteiger partial charge in [-0.3, -0.25) is 0 Å². The van der Waals surface area contributed by atoms with Gasteiger partial charge in [0.2, 0.25) is 0 Å². The summed E-state index contributed by atoms with van der Waals surface area (Å²) in [6, 6.07) is 8.27. The summed E-state index contributed by atoms with van der Waals surface area (Å²) in [5.74, 6) is 0.920. The van der Waals surface area contributed by atoms with Gasteiger partial charge in [0.05, 0.1) is 6.10 Å². The maximum Gasteiger partial charge on any atom is 0.119 e. The molecule has 1 fully saturated rings. The topological polar surface area (TPSA) is 39.7 Å². The van der Waals surface area contributed by atoms with Crippen molar-refractivity contribution < 1.29 is 14.2 Å². The van der Waals surface area contributed by atoms with E-state index in [-0.39, 0.29) is 6.10 Å². The third-order valence-electron chi connectivity index (χ3n) is 3.41. The van der Waals surface area contributed by atoms with E-state index in [1.54, 1.807) is 7.11 Å². The van der Waals surface area contributed by atoms with Gasteiger partial charge in [0, 0.05) is 26.9 Å². The highest BCUT2D eigenvalue weighted by Crippen LogP contribution is 2.16. The number of benzene rings is 1. The Morgan fingerprint density at radius 1 is 1.30 bits per heavy atom. The Balaban J connectivity index is 1.64. The summed E-state index contributed by atoms with van der Waals surface area (Å²) in [4.78, 5) is 0. The number of hydrogen-bond acceptors (Lipinski definition) is 4. The van der Waals surface area contributed by atoms with Crippen LogP contribution in [0.2, 0.25) is 0 Å². The van der Waals surface area contributed by atoms with E-state index in [0.717, 1.165) is 51.3 Å². The van der Waals surface area contributed by atoms with Gasteiger partial charge in [-0.15, -0.1) is 0 Å². The summed E-state index contributed by atoms with van der Waals surface area (Å²) in [7, 11) is 1.73. The Morgan fingerprint density at radius 2 is 2.15 bits per heavy atom. The van der Waals surface area contributed by atoms with Crippen molar-refractivity contribution in [2.24, 2.45) is 0 Å². The van der Waals surface area contributed by atoms with Crippen molar-refractivity contribution in [1.29, 1.82) is 0 Å². The Kier molecular flexibility index (Phi) is 6.84. The van der Waals surface area contributed by atoms with Crippen LogP contribution in [-0.2, 0) is 16.0 Å². The lowest BCUT2D eigenvalue weighted by Crippen LogP contribution is -2.17. The van der Waals surface area contributed by atoms with Gasteiger partial charge in [-0.25, -0.2) is 0 Å². The molecule has 0 amide bonds. The normalized spacial score (nSPS) is 18.4. The summed E-state index contributed by atoms with van der Waals surface area (Å²) < 4.78 is 16.3. The van der Waals surface area contributed by atoms with E-state index in [2.05, 4.69) is 17.4 Å². The van der Waals surface area contributed by atoms with Crippen LogP contribution in [0, 0.1) is 0 Å². The Morgan fingerprint density at radius 3 is 2.85 bits per heavy atom. The van der Waals surface area contributed by atoms with Gasteiger partial charge in [-0.2, -0.15) is 0 Å². The van der Waals surface area contributed by atoms with Gasteiger partial charge in [0.25, 0.3) is 0 Å². The van der Waals surface area contributed by atoms with Crippen molar-refractivity contribution in [3.05, 3.63) is 29.8 Å². The summed E-state index contributed by atoms with van der Waals surface area (Å²) in [5.41, 5.74) is 1.27. The molecule has 1 aromatic carbocycles. The Labute approximate surface area is 121 Å². The standard InChI is InChI=1S/C16H25NO3/c1-18-10-3-9-17-12-14-5-7-15(8-6-14)20-13-16-4-2-11-19-16/h5-8,16-17H,2-4,9-13H2,1H3. The van der Waals surface area contributed by atoms with Crippen LogP contribution in [-0.4, -0.2) is 39.6 Å². The number of hydrogen-bond donors (Lipinski definition) is 1. The molecule has 1 atom stereocenters. The third-order valence-corrected chi connectivity index (χ3v) is 3.41. The summed E-state index contributed by atoms with van der Waals surface area (Å²) in [6.07, 6.45) is 3.58. The second-order valence-corrected chi connectivity index (χ2v) is 5.11. The van der Waals surface area contributed by atoms with E-state index >= 15 is 0 Å². The van der Waals surface area contributed by atoms with Crippen LogP contribution < -0.4 is 10.1 Å². The first-order valence-electron chi connectivity index (χ1n) is 7.41. The zero-order valence-corrected chi connectivity index (χ0v) is 12.3. The average molecular weight is 279 g/mol. The van der Waals surface area contributed by atoms with Crippen molar-refractivity contribution >= 4 is 0 Å². The van der Waals surface area contributed by atoms with E-state index in [1.165, 1.54) is 5.56 Å². The van der Waals surface area contributed by atoms with E-state index in [9.17, 15) is 0 Å². The molecule has 0 aromatic heterocycles. The van der Waals surface area contributed by atoms with Crippen molar-refractivity contribution in [2.45, 2.75) is 31.9 Å². The van der Waals surface area contributed by atoms with Crippen molar-refractivity contribution in [2.75, 3.05) is 33.5 Å². The number of rotatable bonds is 9. The van der Waals surface area contributed by atoms with Crippen molar-refractivity contribution in [3.63, 3.8) is 0 Å². The minimum absolute atomic E-state index is 0.275. The SMILES string of the molecule is COCCCNCc1ccc(OCC2CCCO2)cc1. The molecule has 1 heterocycles. The fraction of sp³-hybridized carbons (Fsp3) is 0.625. The molecule has 1 N–H and O–H groups in total. The second-order valence-electron chi connectivity index (χ2n) is 5.11. The fourth-order valence-corrected chi connectivity index (χ4v) is 2.24. The maximum absolute atomic E-state index is 5.74. The molecular formula is C16H25NO3. The lowest BCUT2D eigenvalue weighted by Gasteiger charge is -2.12. The summed E-state index contributed by atoms with van der Waals surface area (Å²) in [6.45, 7) is 4.21. The van der Waals surface area contributed by atoms with Gasteiger partial charge >= 0.3 is 0 Å². The lowest BCUT2D eigenvalue weighted by atomic mass is 10.2. The molecule has 0 radical (unpaired) electrons. The molecule has 20 heavy (non-hydrogen) atoms. The predicted octanol–water partition coefficient (Wildman–Crippen LogP) is 2.37. The molecule has 0 bridgehead atoms. The molecule has 4 heteroatoms. The molecule has 1 aromatic rings. The van der Waals surface area contributed by atoms with Crippen LogP contribution in [0.1, 0.15) is 24.8 Å². The van der Waals surface area contributed by atoms with Gasteiger partial charge in [-0.1, -0.05) is 12.1 Å². The highest BCUT2D eigenvalue weighted by molar-refractivity contribution is 5.27. The monoisotopic (exact) mass is 279 g/mol. The van der Waals surface area contributed by atoms with Gasteiger partial charge in [0.15, 0.2) is 0 Å². The lowest BCUT2D eigenvalue weighted by molar-refractivity contribution is 0.0679. The highest BCUT2D eigenvalue weighted by atomic mass is 16.5.